The molecular weight excluding hydrogens is 278 g/mol. The number of nitrogens with one attached hydrogen (secondary N) is 1. The van der Waals surface area contributed by atoms with E-state index in [4.69, 9.17) is 5.11 Å². The van der Waals surface area contributed by atoms with Crippen LogP contribution in [0.4, 0.5) is 0 Å². The van der Waals surface area contributed by atoms with Crippen LogP contribution in [-0.4, -0.2) is 36.0 Å². The van der Waals surface area contributed by atoms with E-state index in [-0.39, 0.29) is 23.5 Å². The average molecular weight is 303 g/mol. The van der Waals surface area contributed by atoms with Crippen molar-refractivity contribution < 1.29 is 13.5 Å². The summed E-state index contributed by atoms with van der Waals surface area (Å²) >= 11 is 0. The fourth-order valence-electron chi connectivity index (χ4n) is 1.95. The summed E-state index contributed by atoms with van der Waals surface area (Å²) in [6.45, 7) is 9.79. The predicted octanol–water partition coefficient (Wildman–Crippen LogP) is 1.21. The van der Waals surface area contributed by atoms with Crippen molar-refractivity contribution in [1.82, 2.24) is 14.5 Å². The Morgan fingerprint density at radius 3 is 2.40 bits per heavy atom. The number of rotatable bonds is 7. The lowest BCUT2D eigenvalue weighted by atomic mass is 10.1. The highest BCUT2D eigenvalue weighted by atomic mass is 32.2. The molecule has 0 aromatic carbocycles. The minimum absolute atomic E-state index is 0.0586. The smallest absolute Gasteiger partial charge is 0.244 e. The summed E-state index contributed by atoms with van der Waals surface area (Å²) in [6, 6.07) is -0.139. The molecule has 0 bridgehead atoms. The zero-order chi connectivity index (χ0) is 15.5. The molecule has 0 radical (unpaired) electrons. The first-order chi connectivity index (χ1) is 9.20. The van der Waals surface area contributed by atoms with Crippen LogP contribution in [0.25, 0.3) is 0 Å². The van der Waals surface area contributed by atoms with Crippen molar-refractivity contribution in [3.8, 4) is 0 Å². The number of nitrogens with zero attached hydrogens (tertiary/aromatic N) is 2. The standard InChI is InChI=1S/C13H25N3O3S/c1-9(2)10(3)15-20(18,19)13-11(4)14-16(12(13)5)7-6-8-17/h9-10,15,17H,6-8H2,1-5H3. The van der Waals surface area contributed by atoms with Crippen molar-refractivity contribution in [2.45, 2.75) is 58.5 Å². The molecule has 1 rings (SSSR count). The van der Waals surface area contributed by atoms with Crippen LogP contribution in [0.1, 0.15) is 38.6 Å². The fraction of sp³-hybridized carbons (Fsp3) is 0.769. The topological polar surface area (TPSA) is 84.2 Å². The maximum atomic E-state index is 12.5. The molecule has 2 N–H and O–H groups in total. The van der Waals surface area contributed by atoms with Crippen LogP contribution in [0.3, 0.4) is 0 Å². The lowest BCUT2D eigenvalue weighted by Crippen LogP contribution is -2.36. The maximum absolute atomic E-state index is 12.5. The van der Waals surface area contributed by atoms with Gasteiger partial charge in [0.25, 0.3) is 0 Å². The van der Waals surface area contributed by atoms with E-state index in [1.54, 1.807) is 18.5 Å². The Labute approximate surface area is 121 Å². The molecule has 1 aromatic rings. The monoisotopic (exact) mass is 303 g/mol. The second-order valence-electron chi connectivity index (χ2n) is 5.45. The Bertz CT molecular complexity index is 549. The first-order valence-corrected chi connectivity index (χ1v) is 8.36. The Kier molecular flexibility index (Phi) is 5.73. The molecular formula is C13H25N3O3S. The lowest BCUT2D eigenvalue weighted by molar-refractivity contribution is 0.276. The molecule has 0 amide bonds. The van der Waals surface area contributed by atoms with E-state index in [1.165, 1.54) is 0 Å². The van der Waals surface area contributed by atoms with Gasteiger partial charge in [0.2, 0.25) is 10.0 Å². The summed E-state index contributed by atoms with van der Waals surface area (Å²) in [4.78, 5) is 0.253. The third-order valence-corrected chi connectivity index (χ3v) is 5.26. The van der Waals surface area contributed by atoms with Crippen molar-refractivity contribution in [3.63, 3.8) is 0 Å². The largest absolute Gasteiger partial charge is 0.396 e. The second-order valence-corrected chi connectivity index (χ2v) is 7.11. The summed E-state index contributed by atoms with van der Waals surface area (Å²) < 4.78 is 29.3. The summed E-state index contributed by atoms with van der Waals surface area (Å²) in [5, 5.41) is 13.1. The van der Waals surface area contributed by atoms with E-state index in [0.29, 0.717) is 24.4 Å². The van der Waals surface area contributed by atoms with Crippen molar-refractivity contribution >= 4 is 10.0 Å². The minimum Gasteiger partial charge on any atom is -0.396 e. The van der Waals surface area contributed by atoms with E-state index < -0.39 is 10.0 Å². The highest BCUT2D eigenvalue weighted by Crippen LogP contribution is 2.20. The Balaban J connectivity index is 3.09. The molecule has 0 aliphatic rings. The van der Waals surface area contributed by atoms with Crippen LogP contribution in [0.5, 0.6) is 0 Å². The van der Waals surface area contributed by atoms with Gasteiger partial charge >= 0.3 is 0 Å². The fourth-order valence-corrected chi connectivity index (χ4v) is 3.75. The number of aliphatic hydroxyl groups is 1. The van der Waals surface area contributed by atoms with E-state index in [9.17, 15) is 8.42 Å². The molecule has 0 saturated carbocycles. The molecule has 0 saturated heterocycles. The van der Waals surface area contributed by atoms with Gasteiger partial charge in [-0.3, -0.25) is 4.68 Å². The van der Waals surface area contributed by atoms with Gasteiger partial charge in [0.05, 0.1) is 11.4 Å². The van der Waals surface area contributed by atoms with E-state index in [0.717, 1.165) is 0 Å². The third-order valence-electron chi connectivity index (χ3n) is 3.45. The number of aliphatic hydroxyl groups excluding tert-OH is 1. The van der Waals surface area contributed by atoms with Crippen molar-refractivity contribution in [2.75, 3.05) is 6.61 Å². The molecule has 116 valence electrons. The quantitative estimate of drug-likeness (QED) is 0.793. The Morgan fingerprint density at radius 2 is 1.90 bits per heavy atom. The van der Waals surface area contributed by atoms with E-state index >= 15 is 0 Å². The van der Waals surface area contributed by atoms with Crippen LogP contribution >= 0.6 is 0 Å². The third kappa shape index (κ3) is 3.80. The van der Waals surface area contributed by atoms with Gasteiger partial charge in [-0.2, -0.15) is 5.10 Å². The highest BCUT2D eigenvalue weighted by Gasteiger charge is 2.26. The van der Waals surface area contributed by atoms with Gasteiger partial charge in [0.15, 0.2) is 0 Å². The molecule has 7 heteroatoms. The summed E-state index contributed by atoms with van der Waals surface area (Å²) in [5.41, 5.74) is 1.10. The molecule has 1 atom stereocenters. The minimum atomic E-state index is -3.57. The number of aromatic nitrogens is 2. The van der Waals surface area contributed by atoms with Crippen LogP contribution in [0, 0.1) is 19.8 Å². The van der Waals surface area contributed by atoms with Gasteiger partial charge < -0.3 is 5.11 Å². The zero-order valence-electron chi connectivity index (χ0n) is 12.8. The van der Waals surface area contributed by atoms with Crippen molar-refractivity contribution in [2.24, 2.45) is 5.92 Å². The van der Waals surface area contributed by atoms with Gasteiger partial charge in [-0.25, -0.2) is 13.1 Å². The summed E-state index contributed by atoms with van der Waals surface area (Å²) in [6.07, 6.45) is 0.553. The lowest BCUT2D eigenvalue weighted by Gasteiger charge is -2.17. The Hall–Kier alpha value is -0.920. The highest BCUT2D eigenvalue weighted by molar-refractivity contribution is 7.89. The van der Waals surface area contributed by atoms with Gasteiger partial charge in [-0.15, -0.1) is 0 Å². The summed E-state index contributed by atoms with van der Waals surface area (Å²) in [5.74, 6) is 0.217. The van der Waals surface area contributed by atoms with Gasteiger partial charge in [-0.1, -0.05) is 13.8 Å². The molecule has 0 spiro atoms. The number of sulfonamides is 1. The SMILES string of the molecule is Cc1nn(CCCO)c(C)c1S(=O)(=O)NC(C)C(C)C. The molecule has 1 aromatic heterocycles. The van der Waals surface area contributed by atoms with E-state index in [1.807, 2.05) is 20.8 Å². The molecule has 1 heterocycles. The van der Waals surface area contributed by atoms with Crippen molar-refractivity contribution in [1.29, 1.82) is 0 Å². The van der Waals surface area contributed by atoms with Gasteiger partial charge in [-0.05, 0) is 33.1 Å². The number of hydrogen-bond donors (Lipinski definition) is 2. The van der Waals surface area contributed by atoms with Gasteiger partial charge in [0.1, 0.15) is 4.90 Å². The molecule has 0 aliphatic carbocycles. The Morgan fingerprint density at radius 1 is 1.30 bits per heavy atom. The van der Waals surface area contributed by atoms with Crippen LogP contribution in [-0.2, 0) is 16.6 Å². The number of aryl methyl sites for hydroxylation is 2. The maximum Gasteiger partial charge on any atom is 0.244 e. The molecule has 6 nitrogen and oxygen atoms in total. The molecule has 0 fully saturated rings. The molecule has 20 heavy (non-hydrogen) atoms. The van der Waals surface area contributed by atoms with Crippen LogP contribution < -0.4 is 4.72 Å². The van der Waals surface area contributed by atoms with Crippen LogP contribution in [0.2, 0.25) is 0 Å². The van der Waals surface area contributed by atoms with Crippen molar-refractivity contribution in [3.05, 3.63) is 11.4 Å². The predicted molar refractivity (Wildman–Crippen MR) is 78.0 cm³/mol. The second kappa shape index (κ2) is 6.69. The van der Waals surface area contributed by atoms with E-state index in [2.05, 4.69) is 9.82 Å². The zero-order valence-corrected chi connectivity index (χ0v) is 13.7. The first-order valence-electron chi connectivity index (χ1n) is 6.88. The van der Waals surface area contributed by atoms with Gasteiger partial charge in [0, 0.05) is 19.2 Å². The molecule has 1 unspecified atom stereocenters. The average Bonchev–Trinajstić information content (AvgIpc) is 2.61. The first kappa shape index (κ1) is 17.1. The number of hydrogen-bond acceptors (Lipinski definition) is 4. The normalized spacial score (nSPS) is 13.9. The summed E-state index contributed by atoms with van der Waals surface area (Å²) in [7, 11) is -3.57. The van der Waals surface area contributed by atoms with Crippen LogP contribution in [0.15, 0.2) is 4.90 Å². The molecule has 0 aliphatic heterocycles.